The molecule has 2 N–H and O–H groups in total. The summed E-state index contributed by atoms with van der Waals surface area (Å²) in [5, 5.41) is 7.59. The van der Waals surface area contributed by atoms with Gasteiger partial charge in [0.25, 0.3) is 0 Å². The van der Waals surface area contributed by atoms with Crippen LogP contribution in [-0.2, 0) is 0 Å². The quantitative estimate of drug-likeness (QED) is 0.762. The Morgan fingerprint density at radius 2 is 2.06 bits per heavy atom. The predicted molar refractivity (Wildman–Crippen MR) is 67.5 cm³/mol. The summed E-state index contributed by atoms with van der Waals surface area (Å²) < 4.78 is 0. The van der Waals surface area contributed by atoms with Gasteiger partial charge >= 0.3 is 0 Å². The summed E-state index contributed by atoms with van der Waals surface area (Å²) in [5.74, 6) is 1.99. The zero-order chi connectivity index (χ0) is 11.0. The van der Waals surface area contributed by atoms with Crippen molar-refractivity contribution in [2.24, 2.45) is 11.8 Å². The van der Waals surface area contributed by atoms with Crippen molar-refractivity contribution in [2.75, 3.05) is 6.54 Å². The second kappa shape index (κ2) is 4.66. The van der Waals surface area contributed by atoms with Crippen LogP contribution in [0.15, 0.2) is 0 Å². The van der Waals surface area contributed by atoms with E-state index >= 15 is 0 Å². The van der Waals surface area contributed by atoms with Crippen LogP contribution in [-0.4, -0.2) is 24.7 Å². The van der Waals surface area contributed by atoms with E-state index in [9.17, 15) is 0 Å². The maximum Gasteiger partial charge on any atom is 0.0198 e. The zero-order valence-corrected chi connectivity index (χ0v) is 10.5. The molecule has 5 unspecified atom stereocenters. The topological polar surface area (TPSA) is 24.1 Å². The standard InChI is InChI=1S/C14H26N2/c1-2-10-8-14(10)15-9-12-7-11-5-3-4-6-13(11)16-12/h10-16H,2-9H2,1H3. The fourth-order valence-electron chi connectivity index (χ4n) is 3.83. The molecule has 5 atom stereocenters. The van der Waals surface area contributed by atoms with Crippen molar-refractivity contribution >= 4 is 0 Å². The Morgan fingerprint density at radius 1 is 1.19 bits per heavy atom. The third-order valence-corrected chi connectivity index (χ3v) is 5.02. The van der Waals surface area contributed by atoms with E-state index in [0.717, 1.165) is 30.0 Å². The van der Waals surface area contributed by atoms with Crippen molar-refractivity contribution < 1.29 is 0 Å². The molecule has 1 saturated heterocycles. The van der Waals surface area contributed by atoms with E-state index in [1.165, 1.54) is 51.5 Å². The van der Waals surface area contributed by atoms with Gasteiger partial charge in [0.15, 0.2) is 0 Å². The van der Waals surface area contributed by atoms with E-state index in [2.05, 4.69) is 17.6 Å². The van der Waals surface area contributed by atoms with Crippen LogP contribution in [0.2, 0.25) is 0 Å². The Kier molecular flexibility index (Phi) is 3.21. The third kappa shape index (κ3) is 2.28. The summed E-state index contributed by atoms with van der Waals surface area (Å²) in [7, 11) is 0. The molecule has 1 heterocycles. The summed E-state index contributed by atoms with van der Waals surface area (Å²) in [6, 6.07) is 2.49. The summed E-state index contributed by atoms with van der Waals surface area (Å²) in [5.41, 5.74) is 0. The lowest BCUT2D eigenvalue weighted by Crippen LogP contribution is -2.39. The van der Waals surface area contributed by atoms with Crippen LogP contribution in [0.25, 0.3) is 0 Å². The molecule has 0 aromatic carbocycles. The number of nitrogens with one attached hydrogen (secondary N) is 2. The second-order valence-electron chi connectivity index (χ2n) is 6.17. The van der Waals surface area contributed by atoms with Crippen LogP contribution in [0.5, 0.6) is 0 Å². The molecule has 3 fully saturated rings. The van der Waals surface area contributed by atoms with E-state index in [0.29, 0.717) is 0 Å². The van der Waals surface area contributed by atoms with Crippen molar-refractivity contribution in [3.63, 3.8) is 0 Å². The first-order chi connectivity index (χ1) is 7.86. The molecule has 3 aliphatic rings. The van der Waals surface area contributed by atoms with Crippen molar-refractivity contribution in [1.82, 2.24) is 10.6 Å². The molecule has 92 valence electrons. The van der Waals surface area contributed by atoms with Gasteiger partial charge in [-0.2, -0.15) is 0 Å². The van der Waals surface area contributed by atoms with Crippen molar-refractivity contribution in [3.8, 4) is 0 Å². The van der Waals surface area contributed by atoms with Crippen molar-refractivity contribution in [3.05, 3.63) is 0 Å². The molecule has 0 amide bonds. The molecule has 2 nitrogen and oxygen atoms in total. The van der Waals surface area contributed by atoms with Gasteiger partial charge in [0.1, 0.15) is 0 Å². The van der Waals surface area contributed by atoms with Crippen molar-refractivity contribution in [2.45, 2.75) is 70.0 Å². The molecule has 0 aromatic heterocycles. The Bertz CT molecular complexity index is 227. The highest BCUT2D eigenvalue weighted by Gasteiger charge is 2.38. The SMILES string of the molecule is CCC1CC1NCC1CC2CCCCC2N1. The fourth-order valence-corrected chi connectivity index (χ4v) is 3.83. The number of fused-ring (bicyclic) bond motifs is 1. The molecule has 2 saturated carbocycles. The molecule has 0 bridgehead atoms. The first kappa shape index (κ1) is 11.0. The molecule has 16 heavy (non-hydrogen) atoms. The van der Waals surface area contributed by atoms with Crippen LogP contribution in [0.3, 0.4) is 0 Å². The molecular weight excluding hydrogens is 196 g/mol. The van der Waals surface area contributed by atoms with E-state index in [1.54, 1.807) is 0 Å². The second-order valence-corrected chi connectivity index (χ2v) is 6.17. The molecular formula is C14H26N2. The monoisotopic (exact) mass is 222 g/mol. The molecule has 3 rings (SSSR count). The summed E-state index contributed by atoms with van der Waals surface area (Å²) in [4.78, 5) is 0. The van der Waals surface area contributed by atoms with Crippen LogP contribution >= 0.6 is 0 Å². The lowest BCUT2D eigenvalue weighted by Gasteiger charge is -2.24. The van der Waals surface area contributed by atoms with E-state index in [4.69, 9.17) is 0 Å². The maximum atomic E-state index is 3.85. The average molecular weight is 222 g/mol. The third-order valence-electron chi connectivity index (χ3n) is 5.02. The van der Waals surface area contributed by atoms with Gasteiger partial charge in [-0.25, -0.2) is 0 Å². The molecule has 0 spiro atoms. The normalized spacial score (nSPS) is 46.7. The molecule has 2 aliphatic carbocycles. The largest absolute Gasteiger partial charge is 0.312 e. The minimum Gasteiger partial charge on any atom is -0.312 e. The van der Waals surface area contributed by atoms with Gasteiger partial charge in [-0.1, -0.05) is 26.2 Å². The van der Waals surface area contributed by atoms with Gasteiger partial charge in [-0.05, 0) is 37.5 Å². The van der Waals surface area contributed by atoms with E-state index in [1.807, 2.05) is 0 Å². The Labute approximate surface area is 99.6 Å². The Morgan fingerprint density at radius 3 is 2.81 bits per heavy atom. The highest BCUT2D eigenvalue weighted by atomic mass is 15.1. The number of hydrogen-bond donors (Lipinski definition) is 2. The highest BCUT2D eigenvalue weighted by molar-refractivity contribution is 4.97. The fraction of sp³-hybridized carbons (Fsp3) is 1.00. The van der Waals surface area contributed by atoms with E-state index < -0.39 is 0 Å². The molecule has 0 aromatic rings. The lowest BCUT2D eigenvalue weighted by atomic mass is 9.85. The molecule has 0 radical (unpaired) electrons. The summed E-state index contributed by atoms with van der Waals surface area (Å²) in [6.45, 7) is 3.53. The molecule has 1 aliphatic heterocycles. The highest BCUT2D eigenvalue weighted by Crippen LogP contribution is 2.35. The van der Waals surface area contributed by atoms with E-state index in [-0.39, 0.29) is 0 Å². The smallest absolute Gasteiger partial charge is 0.0198 e. The number of rotatable bonds is 4. The Balaban J connectivity index is 1.40. The van der Waals surface area contributed by atoms with Gasteiger partial charge < -0.3 is 10.6 Å². The Hall–Kier alpha value is -0.0800. The first-order valence-electron chi connectivity index (χ1n) is 7.36. The van der Waals surface area contributed by atoms with Crippen molar-refractivity contribution in [1.29, 1.82) is 0 Å². The summed E-state index contributed by atoms with van der Waals surface area (Å²) in [6.07, 6.45) is 10.1. The number of hydrogen-bond acceptors (Lipinski definition) is 2. The zero-order valence-electron chi connectivity index (χ0n) is 10.5. The maximum absolute atomic E-state index is 3.85. The van der Waals surface area contributed by atoms with Crippen LogP contribution in [0, 0.1) is 11.8 Å². The minimum absolute atomic E-state index is 0.770. The molecule has 2 heteroatoms. The van der Waals surface area contributed by atoms with Crippen LogP contribution < -0.4 is 10.6 Å². The summed E-state index contributed by atoms with van der Waals surface area (Å²) >= 11 is 0. The van der Waals surface area contributed by atoms with Gasteiger partial charge in [0.2, 0.25) is 0 Å². The first-order valence-corrected chi connectivity index (χ1v) is 7.36. The van der Waals surface area contributed by atoms with Gasteiger partial charge in [0, 0.05) is 24.7 Å². The van der Waals surface area contributed by atoms with Gasteiger partial charge in [-0.15, -0.1) is 0 Å². The van der Waals surface area contributed by atoms with Crippen LogP contribution in [0.1, 0.15) is 51.9 Å². The lowest BCUT2D eigenvalue weighted by molar-refractivity contribution is 0.325. The van der Waals surface area contributed by atoms with Gasteiger partial charge in [0.05, 0.1) is 0 Å². The van der Waals surface area contributed by atoms with Gasteiger partial charge in [-0.3, -0.25) is 0 Å². The minimum atomic E-state index is 0.770. The van der Waals surface area contributed by atoms with Crippen LogP contribution in [0.4, 0.5) is 0 Å². The average Bonchev–Trinajstić information content (AvgIpc) is 2.95. The predicted octanol–water partition coefficient (Wildman–Crippen LogP) is 2.30.